The van der Waals surface area contributed by atoms with Crippen LogP contribution in [0, 0.1) is 13.8 Å². The average Bonchev–Trinajstić information content (AvgIpc) is 2.30. The fourth-order valence-corrected chi connectivity index (χ4v) is 1.75. The first kappa shape index (κ1) is 14.3. The lowest BCUT2D eigenvalue weighted by Gasteiger charge is -2.16. The minimum Gasteiger partial charge on any atom is -0.496 e. The van der Waals surface area contributed by atoms with Crippen molar-refractivity contribution < 1.29 is 14.6 Å². The SMILES string of the molecule is COc1ccc(NCC(N)CC(=O)O)c(C)c1C. The summed E-state index contributed by atoms with van der Waals surface area (Å²) in [5, 5.41) is 11.8. The van der Waals surface area contributed by atoms with Crippen molar-refractivity contribution in [2.75, 3.05) is 19.0 Å². The van der Waals surface area contributed by atoms with Crippen LogP contribution in [0.2, 0.25) is 0 Å². The van der Waals surface area contributed by atoms with Gasteiger partial charge >= 0.3 is 5.97 Å². The number of aliphatic carboxylic acids is 1. The van der Waals surface area contributed by atoms with Crippen molar-refractivity contribution in [2.24, 2.45) is 5.73 Å². The predicted molar refractivity (Wildman–Crippen MR) is 71.2 cm³/mol. The summed E-state index contributed by atoms with van der Waals surface area (Å²) in [5.41, 5.74) is 8.80. The van der Waals surface area contributed by atoms with Gasteiger partial charge in [-0.2, -0.15) is 0 Å². The maximum Gasteiger partial charge on any atom is 0.304 e. The molecule has 0 aliphatic rings. The Morgan fingerprint density at radius 1 is 1.44 bits per heavy atom. The van der Waals surface area contributed by atoms with Gasteiger partial charge in [0.15, 0.2) is 0 Å². The van der Waals surface area contributed by atoms with E-state index < -0.39 is 12.0 Å². The van der Waals surface area contributed by atoms with Crippen molar-refractivity contribution in [3.05, 3.63) is 23.3 Å². The first-order valence-electron chi connectivity index (χ1n) is 5.81. The molecule has 1 aromatic rings. The number of nitrogens with two attached hydrogens (primary N) is 1. The van der Waals surface area contributed by atoms with E-state index in [1.807, 2.05) is 26.0 Å². The summed E-state index contributed by atoms with van der Waals surface area (Å²) in [6.07, 6.45) is -0.0405. The molecule has 0 heterocycles. The Labute approximate surface area is 107 Å². The number of anilines is 1. The van der Waals surface area contributed by atoms with Gasteiger partial charge in [-0.25, -0.2) is 0 Å². The molecule has 0 aliphatic carbocycles. The van der Waals surface area contributed by atoms with Gasteiger partial charge in [0.1, 0.15) is 5.75 Å². The third-order valence-electron chi connectivity index (χ3n) is 2.95. The molecule has 0 spiro atoms. The molecule has 0 fully saturated rings. The number of hydrogen-bond donors (Lipinski definition) is 3. The van der Waals surface area contributed by atoms with E-state index in [2.05, 4.69) is 5.32 Å². The van der Waals surface area contributed by atoms with Crippen molar-refractivity contribution in [2.45, 2.75) is 26.3 Å². The number of nitrogens with one attached hydrogen (secondary N) is 1. The lowest BCUT2D eigenvalue weighted by atomic mass is 10.1. The number of benzene rings is 1. The number of rotatable bonds is 6. The van der Waals surface area contributed by atoms with Crippen molar-refractivity contribution >= 4 is 11.7 Å². The van der Waals surface area contributed by atoms with Crippen LogP contribution in [0.25, 0.3) is 0 Å². The Balaban J connectivity index is 2.68. The van der Waals surface area contributed by atoms with E-state index in [1.54, 1.807) is 7.11 Å². The van der Waals surface area contributed by atoms with Crippen LogP contribution in [0.1, 0.15) is 17.5 Å². The fraction of sp³-hybridized carbons (Fsp3) is 0.462. The second-order valence-electron chi connectivity index (χ2n) is 4.30. The van der Waals surface area contributed by atoms with Gasteiger partial charge in [-0.05, 0) is 37.1 Å². The van der Waals surface area contributed by atoms with E-state index in [4.69, 9.17) is 15.6 Å². The molecule has 100 valence electrons. The Hall–Kier alpha value is -1.75. The molecule has 5 nitrogen and oxygen atoms in total. The molecule has 0 bridgehead atoms. The topological polar surface area (TPSA) is 84.6 Å². The van der Waals surface area contributed by atoms with Crippen molar-refractivity contribution in [3.8, 4) is 5.75 Å². The number of hydrogen-bond acceptors (Lipinski definition) is 4. The molecule has 0 saturated carbocycles. The largest absolute Gasteiger partial charge is 0.496 e. The van der Waals surface area contributed by atoms with Crippen molar-refractivity contribution in [1.82, 2.24) is 0 Å². The van der Waals surface area contributed by atoms with Crippen LogP contribution in [0.15, 0.2) is 12.1 Å². The van der Waals surface area contributed by atoms with Crippen LogP contribution >= 0.6 is 0 Å². The van der Waals surface area contributed by atoms with Crippen molar-refractivity contribution in [1.29, 1.82) is 0 Å². The van der Waals surface area contributed by atoms with E-state index in [-0.39, 0.29) is 6.42 Å². The summed E-state index contributed by atoms with van der Waals surface area (Å²) >= 11 is 0. The zero-order valence-corrected chi connectivity index (χ0v) is 11.0. The Bertz CT molecular complexity index is 432. The van der Waals surface area contributed by atoms with Gasteiger partial charge in [0.05, 0.1) is 13.5 Å². The average molecular weight is 252 g/mol. The van der Waals surface area contributed by atoms with Gasteiger partial charge in [0.25, 0.3) is 0 Å². The number of carboxylic acids is 1. The summed E-state index contributed by atoms with van der Waals surface area (Å²) < 4.78 is 5.23. The Morgan fingerprint density at radius 3 is 2.67 bits per heavy atom. The maximum atomic E-state index is 10.5. The van der Waals surface area contributed by atoms with E-state index >= 15 is 0 Å². The summed E-state index contributed by atoms with van der Waals surface area (Å²) in [5.74, 6) is -0.0418. The summed E-state index contributed by atoms with van der Waals surface area (Å²) in [6.45, 7) is 4.40. The van der Waals surface area contributed by atoms with Gasteiger partial charge in [-0.3, -0.25) is 4.79 Å². The standard InChI is InChI=1S/C13H20N2O3/c1-8-9(2)12(18-3)5-4-11(8)15-7-10(14)6-13(16)17/h4-5,10,15H,6-7,14H2,1-3H3,(H,16,17). The number of carbonyl (C=O) groups is 1. The van der Waals surface area contributed by atoms with Gasteiger partial charge in [-0.15, -0.1) is 0 Å². The van der Waals surface area contributed by atoms with Gasteiger partial charge in [0, 0.05) is 18.3 Å². The van der Waals surface area contributed by atoms with Crippen LogP contribution in [0.5, 0.6) is 5.75 Å². The molecule has 1 rings (SSSR count). The number of carboxylic acid groups (broad SMARTS) is 1. The van der Waals surface area contributed by atoms with E-state index in [1.165, 1.54) is 0 Å². The summed E-state index contributed by atoms with van der Waals surface area (Å²) in [4.78, 5) is 10.5. The van der Waals surface area contributed by atoms with Crippen molar-refractivity contribution in [3.63, 3.8) is 0 Å². The number of ether oxygens (including phenoxy) is 1. The van der Waals surface area contributed by atoms with E-state index in [0.717, 1.165) is 22.6 Å². The molecule has 1 atom stereocenters. The van der Waals surface area contributed by atoms with Crippen LogP contribution in [-0.2, 0) is 4.79 Å². The summed E-state index contributed by atoms with van der Waals surface area (Å²) in [7, 11) is 1.64. The first-order chi connectivity index (χ1) is 8.45. The Kier molecular flexibility index (Phi) is 4.97. The molecule has 0 amide bonds. The highest BCUT2D eigenvalue weighted by Gasteiger charge is 2.10. The van der Waals surface area contributed by atoms with Crippen LogP contribution in [0.4, 0.5) is 5.69 Å². The van der Waals surface area contributed by atoms with Gasteiger partial charge in [0.2, 0.25) is 0 Å². The molecule has 0 radical (unpaired) electrons. The normalized spacial score (nSPS) is 12.0. The highest BCUT2D eigenvalue weighted by molar-refractivity contribution is 5.67. The highest BCUT2D eigenvalue weighted by atomic mass is 16.5. The molecule has 0 saturated heterocycles. The number of methoxy groups -OCH3 is 1. The molecule has 18 heavy (non-hydrogen) atoms. The molecular formula is C13H20N2O3. The first-order valence-corrected chi connectivity index (χ1v) is 5.81. The van der Waals surface area contributed by atoms with Gasteiger partial charge < -0.3 is 20.9 Å². The lowest BCUT2D eigenvalue weighted by Crippen LogP contribution is -2.31. The third kappa shape index (κ3) is 3.63. The quantitative estimate of drug-likeness (QED) is 0.715. The summed E-state index contributed by atoms with van der Waals surface area (Å²) in [6, 6.07) is 3.39. The van der Waals surface area contributed by atoms with Crippen LogP contribution in [0.3, 0.4) is 0 Å². The smallest absolute Gasteiger partial charge is 0.304 e. The zero-order chi connectivity index (χ0) is 13.7. The lowest BCUT2D eigenvalue weighted by molar-refractivity contribution is -0.137. The molecule has 0 aromatic heterocycles. The molecule has 1 aromatic carbocycles. The molecular weight excluding hydrogens is 232 g/mol. The van der Waals surface area contributed by atoms with E-state index in [9.17, 15) is 4.79 Å². The Morgan fingerprint density at radius 2 is 2.11 bits per heavy atom. The van der Waals surface area contributed by atoms with Crippen LogP contribution < -0.4 is 15.8 Å². The molecule has 1 unspecified atom stereocenters. The fourth-order valence-electron chi connectivity index (χ4n) is 1.75. The third-order valence-corrected chi connectivity index (χ3v) is 2.95. The molecule has 5 heteroatoms. The van der Waals surface area contributed by atoms with E-state index in [0.29, 0.717) is 6.54 Å². The van der Waals surface area contributed by atoms with Crippen LogP contribution in [-0.4, -0.2) is 30.8 Å². The minimum atomic E-state index is -0.882. The second-order valence-corrected chi connectivity index (χ2v) is 4.30. The second kappa shape index (κ2) is 6.26. The highest BCUT2D eigenvalue weighted by Crippen LogP contribution is 2.27. The predicted octanol–water partition coefficient (Wildman–Crippen LogP) is 1.53. The molecule has 4 N–H and O–H groups in total. The minimum absolute atomic E-state index is 0.0405. The van der Waals surface area contributed by atoms with Gasteiger partial charge in [-0.1, -0.05) is 0 Å². The zero-order valence-electron chi connectivity index (χ0n) is 11.0. The monoisotopic (exact) mass is 252 g/mol. The maximum absolute atomic E-state index is 10.5. The molecule has 0 aliphatic heterocycles.